The first-order valence-electron chi connectivity index (χ1n) is 6.77. The minimum atomic E-state index is -3.65. The van der Waals surface area contributed by atoms with Crippen LogP contribution in [0.4, 0.5) is 0 Å². The van der Waals surface area contributed by atoms with Crippen molar-refractivity contribution >= 4 is 15.9 Å². The molecule has 0 aliphatic heterocycles. The maximum absolute atomic E-state index is 12.1. The fourth-order valence-electron chi connectivity index (χ4n) is 2.46. The molecule has 7 heteroatoms. The van der Waals surface area contributed by atoms with Crippen LogP contribution in [0.1, 0.15) is 43.0 Å². The van der Waals surface area contributed by atoms with E-state index in [1.165, 1.54) is 25.8 Å². The number of carbonyl (C=O) groups excluding carboxylic acids is 1. The van der Waals surface area contributed by atoms with Gasteiger partial charge in [0.2, 0.25) is 5.09 Å². The van der Waals surface area contributed by atoms with Crippen LogP contribution in [0.5, 0.6) is 0 Å². The Morgan fingerprint density at radius 2 is 2.05 bits per heavy atom. The van der Waals surface area contributed by atoms with Crippen molar-refractivity contribution in [3.63, 3.8) is 0 Å². The first-order chi connectivity index (χ1) is 9.44. The van der Waals surface area contributed by atoms with Crippen LogP contribution in [-0.2, 0) is 10.0 Å². The molecule has 20 heavy (non-hydrogen) atoms. The second-order valence-corrected chi connectivity index (χ2v) is 7.02. The molecule has 1 heterocycles. The number of furan rings is 1. The Hall–Kier alpha value is -1.34. The van der Waals surface area contributed by atoms with Gasteiger partial charge < -0.3 is 9.73 Å². The van der Waals surface area contributed by atoms with E-state index in [1.807, 2.05) is 0 Å². The van der Waals surface area contributed by atoms with Gasteiger partial charge in [-0.25, -0.2) is 13.1 Å². The average Bonchev–Trinajstić information content (AvgIpc) is 2.92. The highest BCUT2D eigenvalue weighted by Crippen LogP contribution is 2.24. The third kappa shape index (κ3) is 3.21. The lowest BCUT2D eigenvalue weighted by molar-refractivity contribution is 0.0909. The maximum atomic E-state index is 12.1. The molecule has 2 unspecified atom stereocenters. The predicted molar refractivity (Wildman–Crippen MR) is 73.8 cm³/mol. The normalized spacial score (nSPS) is 23.5. The predicted octanol–water partition coefficient (Wildman–Crippen LogP) is 1.50. The van der Waals surface area contributed by atoms with E-state index in [2.05, 4.69) is 17.0 Å². The molecule has 1 aromatic rings. The van der Waals surface area contributed by atoms with Crippen LogP contribution in [0.25, 0.3) is 0 Å². The van der Waals surface area contributed by atoms with Crippen molar-refractivity contribution in [2.75, 3.05) is 7.05 Å². The van der Waals surface area contributed by atoms with Crippen LogP contribution < -0.4 is 10.0 Å². The maximum Gasteiger partial charge on any atom is 0.273 e. The van der Waals surface area contributed by atoms with Gasteiger partial charge in [-0.15, -0.1) is 0 Å². The largest absolute Gasteiger partial charge is 0.451 e. The Morgan fingerprint density at radius 1 is 1.35 bits per heavy atom. The van der Waals surface area contributed by atoms with E-state index < -0.39 is 10.0 Å². The van der Waals surface area contributed by atoms with Gasteiger partial charge in [0.1, 0.15) is 6.26 Å². The molecule has 1 saturated carbocycles. The molecule has 0 saturated heterocycles. The Balaban J connectivity index is 2.06. The van der Waals surface area contributed by atoms with Crippen LogP contribution in [0.2, 0.25) is 0 Å². The van der Waals surface area contributed by atoms with E-state index >= 15 is 0 Å². The molecule has 1 aliphatic rings. The smallest absolute Gasteiger partial charge is 0.273 e. The number of rotatable bonds is 4. The highest BCUT2D eigenvalue weighted by molar-refractivity contribution is 7.89. The Bertz CT molecular complexity index is 579. The van der Waals surface area contributed by atoms with Gasteiger partial charge in [-0.2, -0.15) is 0 Å². The van der Waals surface area contributed by atoms with Crippen LogP contribution in [0, 0.1) is 5.92 Å². The first kappa shape index (κ1) is 15.1. The molecule has 0 radical (unpaired) electrons. The summed E-state index contributed by atoms with van der Waals surface area (Å²) in [4.78, 5) is 12.1. The lowest BCUT2D eigenvalue weighted by atomic mass is 9.86. The minimum Gasteiger partial charge on any atom is -0.451 e. The molecule has 112 valence electrons. The van der Waals surface area contributed by atoms with Gasteiger partial charge in [-0.3, -0.25) is 4.79 Å². The topological polar surface area (TPSA) is 88.4 Å². The molecule has 2 rings (SSSR count). The summed E-state index contributed by atoms with van der Waals surface area (Å²) in [6.07, 6.45) is 5.55. The van der Waals surface area contributed by atoms with Gasteiger partial charge in [0, 0.05) is 12.1 Å². The highest BCUT2D eigenvalue weighted by atomic mass is 32.2. The lowest BCUT2D eigenvalue weighted by Gasteiger charge is -2.29. The van der Waals surface area contributed by atoms with E-state index in [0.717, 1.165) is 19.3 Å². The third-order valence-corrected chi connectivity index (χ3v) is 5.08. The summed E-state index contributed by atoms with van der Waals surface area (Å²) in [6.45, 7) is 2.12. The summed E-state index contributed by atoms with van der Waals surface area (Å²) < 4.78 is 30.2. The molecule has 0 aromatic carbocycles. The summed E-state index contributed by atoms with van der Waals surface area (Å²) >= 11 is 0. The SMILES string of the molecule is CNS(=O)(=O)c1cc(C(=O)NC2CCCCC2C)co1. The summed E-state index contributed by atoms with van der Waals surface area (Å²) in [5, 5.41) is 2.71. The molecule has 6 nitrogen and oxygen atoms in total. The van der Waals surface area contributed by atoms with Crippen molar-refractivity contribution in [2.24, 2.45) is 5.92 Å². The van der Waals surface area contributed by atoms with Gasteiger partial charge in [0.25, 0.3) is 15.9 Å². The summed E-state index contributed by atoms with van der Waals surface area (Å²) in [6, 6.07) is 1.39. The monoisotopic (exact) mass is 300 g/mol. The first-order valence-corrected chi connectivity index (χ1v) is 8.25. The fraction of sp³-hybridized carbons (Fsp3) is 0.615. The summed E-state index contributed by atoms with van der Waals surface area (Å²) in [5.41, 5.74) is 0.233. The molecule has 1 aliphatic carbocycles. The number of carbonyl (C=O) groups is 1. The third-order valence-electron chi connectivity index (χ3n) is 3.80. The quantitative estimate of drug-likeness (QED) is 0.882. The van der Waals surface area contributed by atoms with Gasteiger partial charge in [0.05, 0.1) is 5.56 Å². The highest BCUT2D eigenvalue weighted by Gasteiger charge is 2.25. The second kappa shape index (κ2) is 5.97. The van der Waals surface area contributed by atoms with Crippen molar-refractivity contribution in [3.05, 3.63) is 17.9 Å². The van der Waals surface area contributed by atoms with Crippen molar-refractivity contribution in [1.82, 2.24) is 10.0 Å². The fourth-order valence-corrected chi connectivity index (χ4v) is 3.12. The lowest BCUT2D eigenvalue weighted by Crippen LogP contribution is -2.40. The summed E-state index contributed by atoms with van der Waals surface area (Å²) in [7, 11) is -2.36. The van der Waals surface area contributed by atoms with E-state index in [9.17, 15) is 13.2 Å². The van der Waals surface area contributed by atoms with Crippen molar-refractivity contribution in [2.45, 2.75) is 43.7 Å². The molecular formula is C13H20N2O4S. The Labute approximate surface area is 119 Å². The Kier molecular flexibility index (Phi) is 4.49. The van der Waals surface area contributed by atoms with Gasteiger partial charge >= 0.3 is 0 Å². The van der Waals surface area contributed by atoms with Gasteiger partial charge in [0.15, 0.2) is 0 Å². The summed E-state index contributed by atoms with van der Waals surface area (Å²) in [5.74, 6) is 0.158. The van der Waals surface area contributed by atoms with E-state index in [-0.39, 0.29) is 22.6 Å². The van der Waals surface area contributed by atoms with Crippen LogP contribution in [0.15, 0.2) is 21.8 Å². The molecule has 0 bridgehead atoms. The van der Waals surface area contributed by atoms with Crippen molar-refractivity contribution in [1.29, 1.82) is 0 Å². The van der Waals surface area contributed by atoms with Gasteiger partial charge in [-0.1, -0.05) is 19.8 Å². The number of sulfonamides is 1. The number of nitrogens with one attached hydrogen (secondary N) is 2. The zero-order valence-electron chi connectivity index (χ0n) is 11.7. The molecule has 0 spiro atoms. The molecule has 1 fully saturated rings. The minimum absolute atomic E-state index is 0.149. The van der Waals surface area contributed by atoms with Crippen molar-refractivity contribution < 1.29 is 17.6 Å². The molecule has 1 amide bonds. The second-order valence-electron chi connectivity index (χ2n) is 5.20. The van der Waals surface area contributed by atoms with Crippen LogP contribution in [-0.4, -0.2) is 27.4 Å². The van der Waals surface area contributed by atoms with Gasteiger partial charge in [-0.05, 0) is 25.8 Å². The standard InChI is InChI=1S/C13H20N2O4S/c1-9-5-3-4-6-11(9)15-13(16)10-7-12(19-8-10)20(17,18)14-2/h7-9,11,14H,3-6H2,1-2H3,(H,15,16). The van der Waals surface area contributed by atoms with Crippen molar-refractivity contribution in [3.8, 4) is 0 Å². The van der Waals surface area contributed by atoms with E-state index in [1.54, 1.807) is 0 Å². The zero-order valence-corrected chi connectivity index (χ0v) is 12.5. The number of amides is 1. The molecule has 1 aromatic heterocycles. The zero-order chi connectivity index (χ0) is 14.8. The molecule has 2 N–H and O–H groups in total. The molecular weight excluding hydrogens is 280 g/mol. The Morgan fingerprint density at radius 3 is 2.70 bits per heavy atom. The molecule has 2 atom stereocenters. The van der Waals surface area contributed by atoms with E-state index in [0.29, 0.717) is 5.92 Å². The number of hydrogen-bond donors (Lipinski definition) is 2. The van der Waals surface area contributed by atoms with Crippen LogP contribution in [0.3, 0.4) is 0 Å². The average molecular weight is 300 g/mol. The number of hydrogen-bond acceptors (Lipinski definition) is 4. The van der Waals surface area contributed by atoms with Crippen LogP contribution >= 0.6 is 0 Å². The van der Waals surface area contributed by atoms with E-state index in [4.69, 9.17) is 4.42 Å².